The molecular formula is C11H17NO2. The molecule has 1 aromatic carbocycles. The third-order valence-electron chi connectivity index (χ3n) is 1.46. The van der Waals surface area contributed by atoms with Crippen molar-refractivity contribution in [2.45, 2.75) is 27.4 Å². The Balaban J connectivity index is 0.000000791. The van der Waals surface area contributed by atoms with Crippen molar-refractivity contribution in [3.63, 3.8) is 0 Å². The quantitative estimate of drug-likeness (QED) is 0.759. The van der Waals surface area contributed by atoms with E-state index in [1.807, 2.05) is 13.8 Å². The van der Waals surface area contributed by atoms with Gasteiger partial charge in [-0.2, -0.15) is 0 Å². The van der Waals surface area contributed by atoms with Crippen LogP contribution in [0.25, 0.3) is 0 Å². The molecular weight excluding hydrogens is 178 g/mol. The summed E-state index contributed by atoms with van der Waals surface area (Å²) in [5.41, 5.74) is 1.59. The minimum absolute atomic E-state index is 0.0281. The van der Waals surface area contributed by atoms with E-state index in [0.29, 0.717) is 0 Å². The number of carbonyl (C=O) groups is 1. The van der Waals surface area contributed by atoms with E-state index in [4.69, 9.17) is 5.11 Å². The van der Waals surface area contributed by atoms with Crippen LogP contribution in [0.1, 0.15) is 26.3 Å². The van der Waals surface area contributed by atoms with Gasteiger partial charge in [0.15, 0.2) is 0 Å². The number of aliphatic hydroxyl groups excluding tert-OH is 1. The number of hydrogen-bond donors (Lipinski definition) is 2. The zero-order valence-corrected chi connectivity index (χ0v) is 8.87. The Hall–Kier alpha value is -1.35. The summed E-state index contributed by atoms with van der Waals surface area (Å²) in [4.78, 5) is 10.6. The van der Waals surface area contributed by atoms with Gasteiger partial charge in [-0.15, -0.1) is 0 Å². The molecule has 0 fully saturated rings. The van der Waals surface area contributed by atoms with E-state index in [2.05, 4.69) is 5.32 Å². The molecule has 2 N–H and O–H groups in total. The zero-order chi connectivity index (χ0) is 11.0. The molecule has 0 aliphatic rings. The fraction of sp³-hybridized carbons (Fsp3) is 0.364. The molecule has 0 aliphatic carbocycles. The molecule has 1 rings (SSSR count). The summed E-state index contributed by atoms with van der Waals surface area (Å²) in [5, 5.41) is 11.4. The van der Waals surface area contributed by atoms with Crippen LogP contribution in [0.4, 0.5) is 5.69 Å². The van der Waals surface area contributed by atoms with Crippen LogP contribution in [0.3, 0.4) is 0 Å². The van der Waals surface area contributed by atoms with E-state index < -0.39 is 0 Å². The second-order valence-electron chi connectivity index (χ2n) is 2.54. The summed E-state index contributed by atoms with van der Waals surface area (Å²) in [7, 11) is 0. The third kappa shape index (κ3) is 4.62. The largest absolute Gasteiger partial charge is 0.392 e. The molecule has 0 aromatic heterocycles. The lowest BCUT2D eigenvalue weighted by molar-refractivity contribution is -0.114. The molecule has 0 radical (unpaired) electrons. The summed E-state index contributed by atoms with van der Waals surface area (Å²) >= 11 is 0. The summed E-state index contributed by atoms with van der Waals surface area (Å²) in [6.07, 6.45) is 0. The summed E-state index contributed by atoms with van der Waals surface area (Å²) in [6.45, 7) is 5.49. The molecule has 0 unspecified atom stereocenters. The fourth-order valence-corrected chi connectivity index (χ4v) is 0.897. The van der Waals surface area contributed by atoms with Crippen LogP contribution >= 0.6 is 0 Å². The van der Waals surface area contributed by atoms with Gasteiger partial charge in [0, 0.05) is 12.6 Å². The Morgan fingerprint density at radius 1 is 1.29 bits per heavy atom. The smallest absolute Gasteiger partial charge is 0.221 e. The predicted octanol–water partition coefficient (Wildman–Crippen LogP) is 2.16. The summed E-state index contributed by atoms with van der Waals surface area (Å²) < 4.78 is 0. The monoisotopic (exact) mass is 195 g/mol. The number of rotatable bonds is 2. The molecule has 14 heavy (non-hydrogen) atoms. The number of aliphatic hydroxyl groups is 1. The molecule has 3 heteroatoms. The Labute approximate surface area is 84.8 Å². The van der Waals surface area contributed by atoms with Gasteiger partial charge < -0.3 is 10.4 Å². The van der Waals surface area contributed by atoms with Crippen molar-refractivity contribution in [1.82, 2.24) is 0 Å². The number of nitrogens with one attached hydrogen (secondary N) is 1. The van der Waals surface area contributed by atoms with Crippen LogP contribution in [-0.4, -0.2) is 11.0 Å². The Morgan fingerprint density at radius 3 is 2.14 bits per heavy atom. The van der Waals surface area contributed by atoms with Crippen molar-refractivity contribution < 1.29 is 9.90 Å². The van der Waals surface area contributed by atoms with Gasteiger partial charge in [-0.25, -0.2) is 0 Å². The first kappa shape index (κ1) is 12.7. The Kier molecular flexibility index (Phi) is 6.41. The molecule has 0 saturated heterocycles. The maximum Gasteiger partial charge on any atom is 0.221 e. The molecule has 1 aromatic rings. The number of carbonyl (C=O) groups excluding carboxylic acids is 1. The van der Waals surface area contributed by atoms with Crippen molar-refractivity contribution in [3.05, 3.63) is 29.8 Å². The van der Waals surface area contributed by atoms with Gasteiger partial charge in [-0.3, -0.25) is 4.79 Å². The standard InChI is InChI=1S/C9H11NO2.C2H6/c1-7(12)10-9-4-2-8(6-11)3-5-9;1-2/h2-5,11H,6H2,1H3,(H,10,12);1-2H3. The Morgan fingerprint density at radius 2 is 1.79 bits per heavy atom. The average Bonchev–Trinajstić information content (AvgIpc) is 2.21. The molecule has 0 saturated carbocycles. The third-order valence-corrected chi connectivity index (χ3v) is 1.46. The van der Waals surface area contributed by atoms with E-state index in [1.165, 1.54) is 6.92 Å². The molecule has 3 nitrogen and oxygen atoms in total. The number of benzene rings is 1. The highest BCUT2D eigenvalue weighted by molar-refractivity contribution is 5.88. The van der Waals surface area contributed by atoms with Crippen molar-refractivity contribution in [1.29, 1.82) is 0 Å². The maximum atomic E-state index is 10.6. The van der Waals surface area contributed by atoms with Crippen molar-refractivity contribution in [2.75, 3.05) is 5.32 Å². The molecule has 0 aliphatic heterocycles. The van der Waals surface area contributed by atoms with Crippen LogP contribution in [0.15, 0.2) is 24.3 Å². The number of hydrogen-bond acceptors (Lipinski definition) is 2. The van der Waals surface area contributed by atoms with E-state index in [1.54, 1.807) is 24.3 Å². The predicted molar refractivity (Wildman–Crippen MR) is 58.0 cm³/mol. The molecule has 0 spiro atoms. The zero-order valence-electron chi connectivity index (χ0n) is 8.87. The highest BCUT2D eigenvalue weighted by Gasteiger charge is 1.94. The lowest BCUT2D eigenvalue weighted by Crippen LogP contribution is -2.05. The van der Waals surface area contributed by atoms with Crippen LogP contribution in [0, 0.1) is 0 Å². The second-order valence-corrected chi connectivity index (χ2v) is 2.54. The number of anilines is 1. The first-order valence-electron chi connectivity index (χ1n) is 4.70. The van der Waals surface area contributed by atoms with Gasteiger partial charge in [0.2, 0.25) is 5.91 Å². The van der Waals surface area contributed by atoms with Gasteiger partial charge in [-0.05, 0) is 17.7 Å². The van der Waals surface area contributed by atoms with Gasteiger partial charge in [0.05, 0.1) is 6.61 Å². The summed E-state index contributed by atoms with van der Waals surface area (Å²) in [5.74, 6) is -0.0910. The minimum Gasteiger partial charge on any atom is -0.392 e. The molecule has 1 amide bonds. The van der Waals surface area contributed by atoms with Crippen LogP contribution in [0.2, 0.25) is 0 Å². The lowest BCUT2D eigenvalue weighted by atomic mass is 10.2. The topological polar surface area (TPSA) is 49.3 Å². The first-order chi connectivity index (χ1) is 6.72. The van der Waals surface area contributed by atoms with E-state index >= 15 is 0 Å². The second kappa shape index (κ2) is 7.09. The van der Waals surface area contributed by atoms with Gasteiger partial charge in [0.1, 0.15) is 0 Å². The van der Waals surface area contributed by atoms with Crippen LogP contribution < -0.4 is 5.32 Å². The molecule has 78 valence electrons. The fourth-order valence-electron chi connectivity index (χ4n) is 0.897. The lowest BCUT2D eigenvalue weighted by Gasteiger charge is -2.01. The van der Waals surface area contributed by atoms with Crippen molar-refractivity contribution in [2.24, 2.45) is 0 Å². The van der Waals surface area contributed by atoms with Crippen molar-refractivity contribution in [3.8, 4) is 0 Å². The van der Waals surface area contributed by atoms with E-state index in [9.17, 15) is 4.79 Å². The van der Waals surface area contributed by atoms with Gasteiger partial charge >= 0.3 is 0 Å². The first-order valence-corrected chi connectivity index (χ1v) is 4.70. The minimum atomic E-state index is -0.0910. The van der Waals surface area contributed by atoms with Crippen molar-refractivity contribution >= 4 is 11.6 Å². The highest BCUT2D eigenvalue weighted by Crippen LogP contribution is 2.08. The average molecular weight is 195 g/mol. The van der Waals surface area contributed by atoms with Gasteiger partial charge in [0.25, 0.3) is 0 Å². The summed E-state index contributed by atoms with van der Waals surface area (Å²) in [6, 6.07) is 7.05. The van der Waals surface area contributed by atoms with Gasteiger partial charge in [-0.1, -0.05) is 26.0 Å². The Bertz CT molecular complexity index is 267. The van der Waals surface area contributed by atoms with E-state index in [0.717, 1.165) is 11.3 Å². The molecule has 0 bridgehead atoms. The normalized spacial score (nSPS) is 8.57. The molecule has 0 heterocycles. The van der Waals surface area contributed by atoms with Crippen LogP contribution in [-0.2, 0) is 11.4 Å². The number of amides is 1. The van der Waals surface area contributed by atoms with Crippen LogP contribution in [0.5, 0.6) is 0 Å². The van der Waals surface area contributed by atoms with E-state index in [-0.39, 0.29) is 12.5 Å². The maximum absolute atomic E-state index is 10.6. The SMILES string of the molecule is CC.CC(=O)Nc1ccc(CO)cc1. The molecule has 0 atom stereocenters. The highest BCUT2D eigenvalue weighted by atomic mass is 16.3.